The van der Waals surface area contributed by atoms with E-state index in [4.69, 9.17) is 0 Å². The van der Waals surface area contributed by atoms with E-state index < -0.39 is 17.6 Å². The van der Waals surface area contributed by atoms with E-state index in [1.165, 1.54) is 0 Å². The minimum absolute atomic E-state index is 0.164. The van der Waals surface area contributed by atoms with Gasteiger partial charge in [-0.3, -0.25) is 24.5 Å². The normalized spacial score (nSPS) is 15.0. The van der Waals surface area contributed by atoms with E-state index in [0.29, 0.717) is 6.42 Å². The Bertz CT molecular complexity index is 426. The number of amides is 3. The van der Waals surface area contributed by atoms with Gasteiger partial charge in [0.15, 0.2) is 0 Å². The summed E-state index contributed by atoms with van der Waals surface area (Å²) >= 11 is 0. The number of imide groups is 1. The molecule has 1 heterocycles. The summed E-state index contributed by atoms with van der Waals surface area (Å²) in [5.74, 6) is -2.87. The highest BCUT2D eigenvalue weighted by molar-refractivity contribution is 6.46. The van der Waals surface area contributed by atoms with E-state index in [1.807, 2.05) is 5.32 Å². The molecule has 0 aliphatic carbocycles. The molecule has 0 bridgehead atoms. The van der Waals surface area contributed by atoms with Gasteiger partial charge in [-0.1, -0.05) is 32.6 Å². The third-order valence-electron chi connectivity index (χ3n) is 2.75. The Morgan fingerprint density at radius 2 is 1.79 bits per heavy atom. The second-order valence-electron chi connectivity index (χ2n) is 4.42. The van der Waals surface area contributed by atoms with Gasteiger partial charge in [0.2, 0.25) is 11.7 Å². The van der Waals surface area contributed by atoms with Gasteiger partial charge in [0.1, 0.15) is 5.70 Å². The SMILES string of the molecule is CCCCCCCC(=O)NC1=CC(=O)C(=O)NC1=O. The minimum Gasteiger partial charge on any atom is -0.321 e. The summed E-state index contributed by atoms with van der Waals surface area (Å²) in [6, 6.07) is 0. The van der Waals surface area contributed by atoms with Crippen molar-refractivity contribution in [2.75, 3.05) is 0 Å². The summed E-state index contributed by atoms with van der Waals surface area (Å²) in [5.41, 5.74) is -0.164. The first-order valence-corrected chi connectivity index (χ1v) is 6.45. The molecule has 2 N–H and O–H groups in total. The van der Waals surface area contributed by atoms with Crippen LogP contribution in [0.2, 0.25) is 0 Å². The van der Waals surface area contributed by atoms with Gasteiger partial charge in [0.05, 0.1) is 0 Å². The Hall–Kier alpha value is -1.98. The molecule has 0 aromatic rings. The molecule has 0 unspecified atom stereocenters. The summed E-state index contributed by atoms with van der Waals surface area (Å²) in [7, 11) is 0. The molecule has 6 nitrogen and oxygen atoms in total. The fourth-order valence-electron chi connectivity index (χ4n) is 1.69. The molecule has 1 aliphatic heterocycles. The van der Waals surface area contributed by atoms with Crippen LogP contribution >= 0.6 is 0 Å². The summed E-state index contributed by atoms with van der Waals surface area (Å²) in [5, 5.41) is 4.21. The zero-order valence-electron chi connectivity index (χ0n) is 11.0. The first kappa shape index (κ1) is 15.1. The average Bonchev–Trinajstić information content (AvgIpc) is 2.35. The molecule has 1 rings (SSSR count). The number of hydrogen-bond donors (Lipinski definition) is 2. The smallest absolute Gasteiger partial charge is 0.298 e. The van der Waals surface area contributed by atoms with Gasteiger partial charge in [-0.25, -0.2) is 0 Å². The quantitative estimate of drug-likeness (QED) is 0.400. The number of hydrogen-bond acceptors (Lipinski definition) is 4. The molecule has 0 aromatic carbocycles. The third kappa shape index (κ3) is 5.03. The van der Waals surface area contributed by atoms with Crippen LogP contribution < -0.4 is 10.6 Å². The zero-order valence-corrected chi connectivity index (χ0v) is 11.0. The summed E-state index contributed by atoms with van der Waals surface area (Å²) in [6.45, 7) is 2.11. The highest BCUT2D eigenvalue weighted by Gasteiger charge is 2.26. The highest BCUT2D eigenvalue weighted by Crippen LogP contribution is 2.06. The second-order valence-corrected chi connectivity index (χ2v) is 4.42. The van der Waals surface area contributed by atoms with E-state index in [9.17, 15) is 19.2 Å². The van der Waals surface area contributed by atoms with Gasteiger partial charge in [-0.15, -0.1) is 0 Å². The lowest BCUT2D eigenvalue weighted by Crippen LogP contribution is -2.45. The Balaban J connectivity index is 2.36. The number of carbonyl (C=O) groups is 4. The molecule has 0 saturated heterocycles. The largest absolute Gasteiger partial charge is 0.321 e. The summed E-state index contributed by atoms with van der Waals surface area (Å²) in [6.07, 6.45) is 6.23. The molecule has 104 valence electrons. The van der Waals surface area contributed by atoms with Crippen molar-refractivity contribution in [3.8, 4) is 0 Å². The van der Waals surface area contributed by atoms with Crippen molar-refractivity contribution in [1.29, 1.82) is 0 Å². The van der Waals surface area contributed by atoms with Crippen molar-refractivity contribution in [3.05, 3.63) is 11.8 Å². The maximum atomic E-state index is 11.5. The van der Waals surface area contributed by atoms with Gasteiger partial charge in [-0.05, 0) is 6.42 Å². The number of ketones is 1. The van der Waals surface area contributed by atoms with Crippen LogP contribution in [-0.4, -0.2) is 23.5 Å². The molecule has 0 spiro atoms. The van der Waals surface area contributed by atoms with Crippen LogP contribution in [0.1, 0.15) is 45.4 Å². The van der Waals surface area contributed by atoms with Crippen LogP contribution in [0.3, 0.4) is 0 Å². The number of nitrogens with one attached hydrogen (secondary N) is 2. The second kappa shape index (κ2) is 7.45. The topological polar surface area (TPSA) is 92.3 Å². The molecule has 1 aliphatic rings. The molecule has 0 atom stereocenters. The Labute approximate surface area is 111 Å². The Kier molecular flexibility index (Phi) is 5.92. The predicted octanol–water partition coefficient (Wildman–Crippen LogP) is 0.572. The Morgan fingerprint density at radius 1 is 1.11 bits per heavy atom. The van der Waals surface area contributed by atoms with Crippen LogP contribution in [-0.2, 0) is 19.2 Å². The molecule has 0 saturated carbocycles. The van der Waals surface area contributed by atoms with Crippen molar-refractivity contribution < 1.29 is 19.2 Å². The fraction of sp³-hybridized carbons (Fsp3) is 0.538. The van der Waals surface area contributed by atoms with Crippen molar-refractivity contribution in [1.82, 2.24) is 10.6 Å². The monoisotopic (exact) mass is 266 g/mol. The van der Waals surface area contributed by atoms with Crippen LogP contribution in [0.4, 0.5) is 0 Å². The van der Waals surface area contributed by atoms with Crippen LogP contribution in [0, 0.1) is 0 Å². The highest BCUT2D eigenvalue weighted by atomic mass is 16.2. The molecule has 6 heteroatoms. The number of unbranched alkanes of at least 4 members (excludes halogenated alkanes) is 4. The van der Waals surface area contributed by atoms with Crippen LogP contribution in [0.5, 0.6) is 0 Å². The van der Waals surface area contributed by atoms with E-state index in [1.54, 1.807) is 0 Å². The number of carbonyl (C=O) groups excluding carboxylic acids is 4. The van der Waals surface area contributed by atoms with Gasteiger partial charge in [-0.2, -0.15) is 0 Å². The van der Waals surface area contributed by atoms with Crippen LogP contribution in [0.25, 0.3) is 0 Å². The molecule has 19 heavy (non-hydrogen) atoms. The summed E-state index contributed by atoms with van der Waals surface area (Å²) in [4.78, 5) is 44.8. The van der Waals surface area contributed by atoms with E-state index >= 15 is 0 Å². The van der Waals surface area contributed by atoms with Crippen molar-refractivity contribution in [2.45, 2.75) is 45.4 Å². The molecular weight excluding hydrogens is 248 g/mol. The zero-order chi connectivity index (χ0) is 14.3. The lowest BCUT2D eigenvalue weighted by Gasteiger charge is -2.12. The molecular formula is C13H18N2O4. The predicted molar refractivity (Wildman–Crippen MR) is 67.8 cm³/mol. The van der Waals surface area contributed by atoms with Crippen molar-refractivity contribution >= 4 is 23.5 Å². The molecule has 0 aromatic heterocycles. The lowest BCUT2D eigenvalue weighted by atomic mass is 10.1. The number of rotatable bonds is 7. The maximum Gasteiger partial charge on any atom is 0.298 e. The molecule has 0 fully saturated rings. The summed E-state index contributed by atoms with van der Waals surface area (Å²) < 4.78 is 0. The molecule has 0 radical (unpaired) electrons. The minimum atomic E-state index is -0.970. The van der Waals surface area contributed by atoms with Gasteiger partial charge < -0.3 is 5.32 Å². The van der Waals surface area contributed by atoms with E-state index in [-0.39, 0.29) is 11.6 Å². The first-order chi connectivity index (χ1) is 9.04. The van der Waals surface area contributed by atoms with E-state index in [0.717, 1.165) is 38.2 Å². The van der Waals surface area contributed by atoms with Gasteiger partial charge in [0, 0.05) is 12.5 Å². The lowest BCUT2D eigenvalue weighted by molar-refractivity contribution is -0.139. The Morgan fingerprint density at radius 3 is 2.47 bits per heavy atom. The fourth-order valence-corrected chi connectivity index (χ4v) is 1.69. The van der Waals surface area contributed by atoms with Crippen molar-refractivity contribution in [2.24, 2.45) is 0 Å². The maximum absolute atomic E-state index is 11.5. The van der Waals surface area contributed by atoms with Gasteiger partial charge >= 0.3 is 0 Å². The standard InChI is InChI=1S/C13H18N2O4/c1-2-3-4-5-6-7-11(17)14-9-8-10(16)13(19)15-12(9)18/h8H,2-7H2,1H3,(H,14,17)(H,15,18,19). The average molecular weight is 266 g/mol. The van der Waals surface area contributed by atoms with Crippen molar-refractivity contribution in [3.63, 3.8) is 0 Å². The van der Waals surface area contributed by atoms with Crippen LogP contribution in [0.15, 0.2) is 11.8 Å². The third-order valence-corrected chi connectivity index (χ3v) is 2.75. The van der Waals surface area contributed by atoms with E-state index in [2.05, 4.69) is 12.2 Å². The molecule has 3 amide bonds. The first-order valence-electron chi connectivity index (χ1n) is 6.45. The van der Waals surface area contributed by atoms with Gasteiger partial charge in [0.25, 0.3) is 11.8 Å².